The van der Waals surface area contributed by atoms with E-state index >= 15 is 0 Å². The van der Waals surface area contributed by atoms with E-state index in [0.29, 0.717) is 18.7 Å². The molecule has 0 bridgehead atoms. The number of carbonyl (C=O) groups excluding carboxylic acids is 1. The highest BCUT2D eigenvalue weighted by Gasteiger charge is 2.15. The van der Waals surface area contributed by atoms with E-state index in [1.807, 2.05) is 13.8 Å². The fourth-order valence-corrected chi connectivity index (χ4v) is 1.42. The van der Waals surface area contributed by atoms with Gasteiger partial charge in [0.15, 0.2) is 0 Å². The number of rotatable bonds is 4. The Morgan fingerprint density at radius 1 is 1.27 bits per heavy atom. The molecule has 0 saturated carbocycles. The highest BCUT2D eigenvalue weighted by Crippen LogP contribution is 2.19. The quantitative estimate of drug-likeness (QED) is 0.711. The van der Waals surface area contributed by atoms with E-state index in [2.05, 4.69) is 5.18 Å². The second kappa shape index (κ2) is 5.24. The summed E-state index contributed by atoms with van der Waals surface area (Å²) in [5.74, 6) is -0.143. The minimum absolute atomic E-state index is 0.143. The maximum Gasteiger partial charge on any atom is 0.256 e. The van der Waals surface area contributed by atoms with Crippen molar-refractivity contribution in [2.45, 2.75) is 13.8 Å². The van der Waals surface area contributed by atoms with Crippen LogP contribution < -0.4 is 0 Å². The average Bonchev–Trinajstić information content (AvgIpc) is 2.30. The van der Waals surface area contributed by atoms with Crippen LogP contribution in [0, 0.1) is 4.91 Å². The summed E-state index contributed by atoms with van der Waals surface area (Å²) in [5, 5.41) is 2.85. The standard InChI is InChI=1S/C11H14N2O2/c1-3-13(4-2)11(14)9-7-5-6-8-10(9)12-15/h5-8H,3-4H2,1-2H3. The van der Waals surface area contributed by atoms with Gasteiger partial charge in [0.1, 0.15) is 5.69 Å². The van der Waals surface area contributed by atoms with Crippen molar-refractivity contribution in [3.8, 4) is 0 Å². The summed E-state index contributed by atoms with van der Waals surface area (Å²) in [6, 6.07) is 6.59. The first-order chi connectivity index (χ1) is 7.24. The van der Waals surface area contributed by atoms with Gasteiger partial charge in [-0.05, 0) is 31.2 Å². The van der Waals surface area contributed by atoms with Crippen LogP contribution in [-0.4, -0.2) is 23.9 Å². The van der Waals surface area contributed by atoms with Gasteiger partial charge in [0.05, 0.1) is 5.56 Å². The molecule has 1 aromatic rings. The van der Waals surface area contributed by atoms with Crippen LogP contribution in [0.4, 0.5) is 5.69 Å². The second-order valence-electron chi connectivity index (χ2n) is 3.09. The van der Waals surface area contributed by atoms with Gasteiger partial charge in [-0.25, -0.2) is 0 Å². The maximum atomic E-state index is 11.9. The first-order valence-corrected chi connectivity index (χ1v) is 4.96. The van der Waals surface area contributed by atoms with Gasteiger partial charge < -0.3 is 4.90 Å². The lowest BCUT2D eigenvalue weighted by molar-refractivity contribution is 0.0774. The van der Waals surface area contributed by atoms with Crippen LogP contribution in [0.2, 0.25) is 0 Å². The predicted octanol–water partition coefficient (Wildman–Crippen LogP) is 2.57. The molecular weight excluding hydrogens is 192 g/mol. The lowest BCUT2D eigenvalue weighted by Gasteiger charge is -2.18. The molecule has 80 valence electrons. The molecule has 0 fully saturated rings. The monoisotopic (exact) mass is 206 g/mol. The predicted molar refractivity (Wildman–Crippen MR) is 59.1 cm³/mol. The number of hydrogen-bond donors (Lipinski definition) is 0. The molecule has 0 spiro atoms. The molecule has 0 aliphatic heterocycles. The largest absolute Gasteiger partial charge is 0.339 e. The van der Waals surface area contributed by atoms with Crippen molar-refractivity contribution in [1.29, 1.82) is 0 Å². The molecule has 0 aromatic heterocycles. The molecule has 4 nitrogen and oxygen atoms in total. The number of hydrogen-bond acceptors (Lipinski definition) is 3. The van der Waals surface area contributed by atoms with E-state index in [1.54, 1.807) is 29.2 Å². The molecule has 0 radical (unpaired) electrons. The molecule has 0 saturated heterocycles. The number of nitroso groups, excluding NO2 is 1. The second-order valence-corrected chi connectivity index (χ2v) is 3.09. The molecule has 0 aliphatic rings. The molecule has 4 heteroatoms. The Morgan fingerprint density at radius 3 is 2.40 bits per heavy atom. The van der Waals surface area contributed by atoms with Crippen LogP contribution in [0.1, 0.15) is 24.2 Å². The maximum absolute atomic E-state index is 11.9. The van der Waals surface area contributed by atoms with Crippen molar-refractivity contribution in [2.24, 2.45) is 5.18 Å². The van der Waals surface area contributed by atoms with Crippen molar-refractivity contribution in [1.82, 2.24) is 4.90 Å². The fraction of sp³-hybridized carbons (Fsp3) is 0.364. The van der Waals surface area contributed by atoms with Gasteiger partial charge >= 0.3 is 0 Å². The summed E-state index contributed by atoms with van der Waals surface area (Å²) < 4.78 is 0. The van der Waals surface area contributed by atoms with Gasteiger partial charge in [-0.2, -0.15) is 0 Å². The summed E-state index contributed by atoms with van der Waals surface area (Å²) in [6.45, 7) is 5.06. The van der Waals surface area contributed by atoms with E-state index in [-0.39, 0.29) is 11.6 Å². The third kappa shape index (κ3) is 2.40. The number of nitrogens with zero attached hydrogens (tertiary/aromatic N) is 2. The molecule has 0 N–H and O–H groups in total. The number of carbonyl (C=O) groups is 1. The van der Waals surface area contributed by atoms with Gasteiger partial charge in [0, 0.05) is 13.1 Å². The Morgan fingerprint density at radius 2 is 1.87 bits per heavy atom. The molecule has 0 unspecified atom stereocenters. The van der Waals surface area contributed by atoms with Crippen LogP contribution in [0.3, 0.4) is 0 Å². The van der Waals surface area contributed by atoms with Crippen LogP contribution in [0.15, 0.2) is 29.4 Å². The van der Waals surface area contributed by atoms with Crippen LogP contribution >= 0.6 is 0 Å². The van der Waals surface area contributed by atoms with E-state index in [0.717, 1.165) is 0 Å². The summed E-state index contributed by atoms with van der Waals surface area (Å²) in [6.07, 6.45) is 0. The van der Waals surface area contributed by atoms with Crippen LogP contribution in [0.25, 0.3) is 0 Å². The zero-order valence-electron chi connectivity index (χ0n) is 8.93. The first kappa shape index (κ1) is 11.4. The lowest BCUT2D eigenvalue weighted by Crippen LogP contribution is -2.30. The fourth-order valence-electron chi connectivity index (χ4n) is 1.42. The van der Waals surface area contributed by atoms with Gasteiger partial charge in [0.25, 0.3) is 5.91 Å². The van der Waals surface area contributed by atoms with Crippen LogP contribution in [-0.2, 0) is 0 Å². The first-order valence-electron chi connectivity index (χ1n) is 4.96. The van der Waals surface area contributed by atoms with Crippen molar-refractivity contribution >= 4 is 11.6 Å². The van der Waals surface area contributed by atoms with E-state index < -0.39 is 0 Å². The SMILES string of the molecule is CCN(CC)C(=O)c1ccccc1N=O. The topological polar surface area (TPSA) is 49.7 Å². The highest BCUT2D eigenvalue weighted by atomic mass is 16.3. The van der Waals surface area contributed by atoms with Crippen LogP contribution in [0.5, 0.6) is 0 Å². The molecule has 1 rings (SSSR count). The molecule has 1 amide bonds. The molecule has 1 aromatic carbocycles. The summed E-state index contributed by atoms with van der Waals surface area (Å²) in [7, 11) is 0. The van der Waals surface area contributed by atoms with E-state index in [9.17, 15) is 9.70 Å². The summed E-state index contributed by atoms with van der Waals surface area (Å²) >= 11 is 0. The van der Waals surface area contributed by atoms with Crippen molar-refractivity contribution < 1.29 is 4.79 Å². The number of benzene rings is 1. The van der Waals surface area contributed by atoms with E-state index in [1.165, 1.54) is 0 Å². The minimum Gasteiger partial charge on any atom is -0.339 e. The molecule has 0 aliphatic carbocycles. The summed E-state index contributed by atoms with van der Waals surface area (Å²) in [4.78, 5) is 24.1. The Kier molecular flexibility index (Phi) is 3.97. The zero-order valence-corrected chi connectivity index (χ0v) is 8.93. The molecule has 15 heavy (non-hydrogen) atoms. The summed E-state index contributed by atoms with van der Waals surface area (Å²) in [5.41, 5.74) is 0.575. The van der Waals surface area contributed by atoms with Gasteiger partial charge in [-0.15, -0.1) is 4.91 Å². The third-order valence-electron chi connectivity index (χ3n) is 2.28. The zero-order chi connectivity index (χ0) is 11.3. The highest BCUT2D eigenvalue weighted by molar-refractivity contribution is 5.98. The Bertz CT molecular complexity index is 359. The van der Waals surface area contributed by atoms with Gasteiger partial charge in [0.2, 0.25) is 0 Å². The lowest BCUT2D eigenvalue weighted by atomic mass is 10.1. The molecular formula is C11H14N2O2. The minimum atomic E-state index is -0.143. The van der Waals surface area contributed by atoms with Crippen molar-refractivity contribution in [3.05, 3.63) is 34.7 Å². The Labute approximate surface area is 88.9 Å². The van der Waals surface area contributed by atoms with Crippen molar-refractivity contribution in [3.63, 3.8) is 0 Å². The Balaban J connectivity index is 3.04. The Hall–Kier alpha value is -1.71. The van der Waals surface area contributed by atoms with Crippen molar-refractivity contribution in [2.75, 3.05) is 13.1 Å². The van der Waals surface area contributed by atoms with E-state index in [4.69, 9.17) is 0 Å². The third-order valence-corrected chi connectivity index (χ3v) is 2.28. The molecule has 0 atom stereocenters. The van der Waals surface area contributed by atoms with Gasteiger partial charge in [-0.1, -0.05) is 12.1 Å². The molecule has 0 heterocycles. The number of amides is 1. The normalized spacial score (nSPS) is 9.73. The average molecular weight is 206 g/mol. The smallest absolute Gasteiger partial charge is 0.256 e. The van der Waals surface area contributed by atoms with Gasteiger partial charge in [-0.3, -0.25) is 4.79 Å².